The van der Waals surface area contributed by atoms with Crippen molar-refractivity contribution in [1.29, 1.82) is 0 Å². The predicted molar refractivity (Wildman–Crippen MR) is 85.4 cm³/mol. The van der Waals surface area contributed by atoms with Gasteiger partial charge >= 0.3 is 0 Å². The van der Waals surface area contributed by atoms with Gasteiger partial charge in [0.2, 0.25) is 5.89 Å². The molecule has 0 radical (unpaired) electrons. The average molecular weight is 335 g/mol. The van der Waals surface area contributed by atoms with Crippen molar-refractivity contribution in [2.75, 3.05) is 18.5 Å². The number of aromatic nitrogens is 3. The smallest absolute Gasteiger partial charge is 0.253 e. The van der Waals surface area contributed by atoms with E-state index in [1.54, 1.807) is 12.1 Å². The minimum absolute atomic E-state index is 0.135. The molecule has 130 valence electrons. The van der Waals surface area contributed by atoms with E-state index in [1.807, 2.05) is 13.8 Å². The van der Waals surface area contributed by atoms with Crippen LogP contribution in [-0.2, 0) is 6.54 Å². The number of carbonyl (C=O) groups excluding carboxylic acids is 1. The van der Waals surface area contributed by atoms with Gasteiger partial charge in [-0.2, -0.15) is 4.98 Å². The summed E-state index contributed by atoms with van der Waals surface area (Å²) in [7, 11) is 0. The summed E-state index contributed by atoms with van der Waals surface area (Å²) in [5, 5.41) is 27.3. The quantitative estimate of drug-likeness (QED) is 0.541. The van der Waals surface area contributed by atoms with Gasteiger partial charge in [-0.05, 0) is 12.1 Å². The van der Waals surface area contributed by atoms with E-state index in [9.17, 15) is 9.90 Å². The van der Waals surface area contributed by atoms with Crippen molar-refractivity contribution in [3.63, 3.8) is 0 Å². The molecule has 0 aliphatic heterocycles. The van der Waals surface area contributed by atoms with E-state index in [0.717, 1.165) is 0 Å². The van der Waals surface area contributed by atoms with Crippen molar-refractivity contribution in [3.05, 3.63) is 35.6 Å². The summed E-state index contributed by atoms with van der Waals surface area (Å²) in [5.41, 5.74) is 0.385. The molecule has 1 unspecified atom stereocenters. The SMILES string of the molecule is CC(C)c1nc(CNC(=O)c2ccc(NCC(O)CO)nc2)no1. The van der Waals surface area contributed by atoms with Crippen LogP contribution in [0.4, 0.5) is 5.82 Å². The van der Waals surface area contributed by atoms with Crippen LogP contribution in [0.15, 0.2) is 22.9 Å². The van der Waals surface area contributed by atoms with E-state index < -0.39 is 6.10 Å². The highest BCUT2D eigenvalue weighted by Gasteiger charge is 2.12. The maximum absolute atomic E-state index is 12.1. The zero-order valence-electron chi connectivity index (χ0n) is 13.6. The molecular weight excluding hydrogens is 314 g/mol. The van der Waals surface area contributed by atoms with Crippen LogP contribution >= 0.6 is 0 Å². The molecule has 2 aromatic rings. The number of anilines is 1. The van der Waals surface area contributed by atoms with E-state index >= 15 is 0 Å². The number of amides is 1. The van der Waals surface area contributed by atoms with Gasteiger partial charge in [-0.15, -0.1) is 0 Å². The maximum atomic E-state index is 12.1. The molecule has 0 saturated heterocycles. The first kappa shape index (κ1) is 17.8. The van der Waals surface area contributed by atoms with E-state index in [2.05, 4.69) is 25.8 Å². The van der Waals surface area contributed by atoms with Crippen molar-refractivity contribution in [2.24, 2.45) is 0 Å². The zero-order valence-corrected chi connectivity index (χ0v) is 13.6. The first-order valence-corrected chi connectivity index (χ1v) is 7.59. The van der Waals surface area contributed by atoms with Crippen LogP contribution in [0, 0.1) is 0 Å². The second-order valence-corrected chi connectivity index (χ2v) is 5.54. The summed E-state index contributed by atoms with van der Waals surface area (Å²) < 4.78 is 5.06. The molecule has 0 spiro atoms. The Balaban J connectivity index is 1.85. The third-order valence-electron chi connectivity index (χ3n) is 3.14. The summed E-state index contributed by atoms with van der Waals surface area (Å²) in [6.45, 7) is 3.89. The van der Waals surface area contributed by atoms with Gasteiger partial charge < -0.3 is 25.4 Å². The van der Waals surface area contributed by atoms with Gasteiger partial charge in [-0.1, -0.05) is 19.0 Å². The molecular formula is C15H21N5O4. The first-order chi connectivity index (χ1) is 11.5. The normalized spacial score (nSPS) is 12.2. The fourth-order valence-electron chi connectivity index (χ4n) is 1.75. The van der Waals surface area contributed by atoms with Gasteiger partial charge in [0.25, 0.3) is 5.91 Å². The Morgan fingerprint density at radius 2 is 2.17 bits per heavy atom. The van der Waals surface area contributed by atoms with E-state index in [4.69, 9.17) is 9.63 Å². The second-order valence-electron chi connectivity index (χ2n) is 5.54. The Morgan fingerprint density at radius 3 is 2.75 bits per heavy atom. The van der Waals surface area contributed by atoms with E-state index in [-0.39, 0.29) is 31.5 Å². The molecule has 0 saturated carbocycles. The molecule has 0 aromatic carbocycles. The molecule has 2 aromatic heterocycles. The lowest BCUT2D eigenvalue weighted by atomic mass is 10.2. The maximum Gasteiger partial charge on any atom is 0.253 e. The lowest BCUT2D eigenvalue weighted by Crippen LogP contribution is -2.24. The molecule has 4 N–H and O–H groups in total. The number of nitrogens with zero attached hydrogens (tertiary/aromatic N) is 3. The Labute approximate surface area is 139 Å². The molecule has 0 bridgehead atoms. The number of nitrogens with one attached hydrogen (secondary N) is 2. The van der Waals surface area contributed by atoms with Crippen LogP contribution in [0.5, 0.6) is 0 Å². The van der Waals surface area contributed by atoms with Crippen LogP contribution in [0.1, 0.15) is 41.8 Å². The summed E-state index contributed by atoms with van der Waals surface area (Å²) in [6.07, 6.45) is 0.555. The van der Waals surface area contributed by atoms with Gasteiger partial charge in [-0.25, -0.2) is 4.98 Å². The monoisotopic (exact) mass is 335 g/mol. The number of pyridine rings is 1. The Bertz CT molecular complexity index is 656. The Kier molecular flexibility index (Phi) is 6.21. The molecule has 1 atom stereocenters. The zero-order chi connectivity index (χ0) is 17.5. The molecule has 0 fully saturated rings. The van der Waals surface area contributed by atoms with Crippen LogP contribution in [0.25, 0.3) is 0 Å². The number of rotatable bonds is 8. The van der Waals surface area contributed by atoms with Gasteiger partial charge in [-0.3, -0.25) is 4.79 Å². The molecule has 1 amide bonds. The first-order valence-electron chi connectivity index (χ1n) is 7.59. The standard InChI is InChI=1S/C15H21N5O4/c1-9(2)15-19-13(20-24-15)7-18-14(23)10-3-4-12(16-5-10)17-6-11(22)8-21/h3-5,9,11,21-22H,6-8H2,1-2H3,(H,16,17)(H,18,23). The highest BCUT2D eigenvalue weighted by atomic mass is 16.5. The molecule has 9 heteroatoms. The minimum Gasteiger partial charge on any atom is -0.394 e. The largest absolute Gasteiger partial charge is 0.394 e. The van der Waals surface area contributed by atoms with Crippen molar-refractivity contribution in [3.8, 4) is 0 Å². The third kappa shape index (κ3) is 5.00. The number of aliphatic hydroxyl groups is 2. The van der Waals surface area contributed by atoms with Gasteiger partial charge in [0.1, 0.15) is 5.82 Å². The summed E-state index contributed by atoms with van der Waals surface area (Å²) in [6, 6.07) is 3.22. The third-order valence-corrected chi connectivity index (χ3v) is 3.14. The molecule has 24 heavy (non-hydrogen) atoms. The number of hydrogen-bond donors (Lipinski definition) is 4. The number of hydrogen-bond acceptors (Lipinski definition) is 8. The van der Waals surface area contributed by atoms with Crippen molar-refractivity contribution >= 4 is 11.7 Å². The molecule has 0 aliphatic rings. The van der Waals surface area contributed by atoms with Gasteiger partial charge in [0.15, 0.2) is 5.82 Å². The fraction of sp³-hybridized carbons (Fsp3) is 0.467. The molecule has 2 heterocycles. The lowest BCUT2D eigenvalue weighted by molar-refractivity contribution is 0.0949. The molecule has 0 aliphatic carbocycles. The topological polar surface area (TPSA) is 133 Å². The van der Waals surface area contributed by atoms with Crippen LogP contribution < -0.4 is 10.6 Å². The van der Waals surface area contributed by atoms with Crippen molar-refractivity contribution < 1.29 is 19.5 Å². The average Bonchev–Trinajstić information content (AvgIpc) is 3.07. The fourth-order valence-corrected chi connectivity index (χ4v) is 1.75. The summed E-state index contributed by atoms with van der Waals surface area (Å²) >= 11 is 0. The molecule has 2 rings (SSSR count). The van der Waals surface area contributed by atoms with Crippen molar-refractivity contribution in [1.82, 2.24) is 20.4 Å². The minimum atomic E-state index is -0.861. The van der Waals surface area contributed by atoms with Gasteiger partial charge in [0.05, 0.1) is 24.8 Å². The Hall–Kier alpha value is -2.52. The van der Waals surface area contributed by atoms with Gasteiger partial charge in [0, 0.05) is 18.7 Å². The van der Waals surface area contributed by atoms with Crippen LogP contribution in [0.2, 0.25) is 0 Å². The lowest BCUT2D eigenvalue weighted by Gasteiger charge is -2.09. The highest BCUT2D eigenvalue weighted by molar-refractivity contribution is 5.93. The molecule has 9 nitrogen and oxygen atoms in total. The van der Waals surface area contributed by atoms with Crippen LogP contribution in [-0.4, -0.2) is 50.5 Å². The Morgan fingerprint density at radius 1 is 1.38 bits per heavy atom. The number of aliphatic hydroxyl groups excluding tert-OH is 2. The van der Waals surface area contributed by atoms with E-state index in [0.29, 0.717) is 23.1 Å². The summed E-state index contributed by atoms with van der Waals surface area (Å²) in [4.78, 5) is 20.3. The van der Waals surface area contributed by atoms with Crippen LogP contribution in [0.3, 0.4) is 0 Å². The second kappa shape index (κ2) is 8.37. The number of carbonyl (C=O) groups is 1. The van der Waals surface area contributed by atoms with E-state index in [1.165, 1.54) is 6.20 Å². The highest BCUT2D eigenvalue weighted by Crippen LogP contribution is 2.11. The van der Waals surface area contributed by atoms with Crippen molar-refractivity contribution in [2.45, 2.75) is 32.4 Å². The predicted octanol–water partition coefficient (Wildman–Crippen LogP) is 0.283. The summed E-state index contributed by atoms with van der Waals surface area (Å²) in [5.74, 6) is 1.27.